The highest BCUT2D eigenvalue weighted by atomic mass is 16.5. The number of aliphatic hydroxyl groups is 1. The Morgan fingerprint density at radius 2 is 2.00 bits per heavy atom. The number of likely N-dealkylation sites (N-methyl/N-ethyl adjacent to an activating group) is 1. The van der Waals surface area contributed by atoms with Crippen molar-refractivity contribution in [2.24, 2.45) is 5.92 Å². The molecule has 0 amide bonds. The molecule has 5 heteroatoms. The molecule has 0 saturated carbocycles. The summed E-state index contributed by atoms with van der Waals surface area (Å²) in [6.07, 6.45) is 3.75. The monoisotopic (exact) mass is 300 g/mol. The van der Waals surface area contributed by atoms with E-state index in [1.54, 1.807) is 0 Å². The SMILES string of the molecule is CCCNC1CCOCC1CN(C)CC1(O)CCOCC1. The van der Waals surface area contributed by atoms with Gasteiger partial charge in [-0.25, -0.2) is 0 Å². The molecule has 124 valence electrons. The van der Waals surface area contributed by atoms with Gasteiger partial charge in [-0.1, -0.05) is 6.92 Å². The molecule has 2 atom stereocenters. The number of hydrogen-bond acceptors (Lipinski definition) is 5. The maximum absolute atomic E-state index is 10.6. The standard InChI is InChI=1S/C16H32N2O3/c1-3-7-17-15-4-8-21-12-14(15)11-18(2)13-16(19)5-9-20-10-6-16/h14-15,17,19H,3-13H2,1-2H3. The fourth-order valence-corrected chi connectivity index (χ4v) is 3.45. The molecule has 2 N–H and O–H groups in total. The van der Waals surface area contributed by atoms with Crippen LogP contribution in [0.3, 0.4) is 0 Å². The van der Waals surface area contributed by atoms with Gasteiger partial charge in [0.05, 0.1) is 12.2 Å². The largest absolute Gasteiger partial charge is 0.388 e. The molecule has 0 aliphatic carbocycles. The summed E-state index contributed by atoms with van der Waals surface area (Å²) >= 11 is 0. The molecule has 0 radical (unpaired) electrons. The summed E-state index contributed by atoms with van der Waals surface area (Å²) in [5, 5.41) is 14.3. The zero-order valence-corrected chi connectivity index (χ0v) is 13.6. The topological polar surface area (TPSA) is 54.0 Å². The zero-order valence-electron chi connectivity index (χ0n) is 13.6. The molecule has 0 spiro atoms. The minimum absolute atomic E-state index is 0.513. The number of nitrogens with one attached hydrogen (secondary N) is 1. The molecule has 2 aliphatic rings. The van der Waals surface area contributed by atoms with Crippen molar-refractivity contribution in [1.29, 1.82) is 0 Å². The lowest BCUT2D eigenvalue weighted by molar-refractivity contribution is -0.0811. The second kappa shape index (κ2) is 8.44. The van der Waals surface area contributed by atoms with Gasteiger partial charge in [-0.15, -0.1) is 0 Å². The summed E-state index contributed by atoms with van der Waals surface area (Å²) < 4.78 is 11.0. The highest BCUT2D eigenvalue weighted by molar-refractivity contribution is 4.87. The summed E-state index contributed by atoms with van der Waals surface area (Å²) in [4.78, 5) is 2.27. The van der Waals surface area contributed by atoms with Crippen molar-refractivity contribution in [2.75, 3.05) is 53.1 Å². The highest BCUT2D eigenvalue weighted by Gasteiger charge is 2.33. The van der Waals surface area contributed by atoms with Crippen molar-refractivity contribution in [2.45, 2.75) is 44.2 Å². The van der Waals surface area contributed by atoms with Gasteiger partial charge in [0, 0.05) is 57.7 Å². The van der Waals surface area contributed by atoms with Crippen LogP contribution in [-0.2, 0) is 9.47 Å². The first kappa shape index (κ1) is 17.2. The molecule has 5 nitrogen and oxygen atoms in total. The van der Waals surface area contributed by atoms with Crippen LogP contribution in [0.5, 0.6) is 0 Å². The lowest BCUT2D eigenvalue weighted by Gasteiger charge is -2.39. The Balaban J connectivity index is 1.80. The number of rotatable bonds is 7. The van der Waals surface area contributed by atoms with Gasteiger partial charge in [-0.05, 0) is 26.4 Å². The molecule has 21 heavy (non-hydrogen) atoms. The third-order valence-electron chi connectivity index (χ3n) is 4.66. The van der Waals surface area contributed by atoms with Crippen LogP contribution in [0.4, 0.5) is 0 Å². The van der Waals surface area contributed by atoms with Crippen LogP contribution in [0.2, 0.25) is 0 Å². The van der Waals surface area contributed by atoms with E-state index in [2.05, 4.69) is 24.2 Å². The lowest BCUT2D eigenvalue weighted by atomic mass is 9.91. The van der Waals surface area contributed by atoms with Gasteiger partial charge in [-0.3, -0.25) is 0 Å². The Morgan fingerprint density at radius 1 is 1.24 bits per heavy atom. The molecule has 2 unspecified atom stereocenters. The van der Waals surface area contributed by atoms with Crippen LogP contribution in [0.15, 0.2) is 0 Å². The summed E-state index contributed by atoms with van der Waals surface area (Å²) in [6, 6.07) is 0.547. The second-order valence-electron chi connectivity index (χ2n) is 6.72. The molecular weight excluding hydrogens is 268 g/mol. The first-order chi connectivity index (χ1) is 10.1. The van der Waals surface area contributed by atoms with E-state index in [4.69, 9.17) is 9.47 Å². The van der Waals surface area contributed by atoms with E-state index >= 15 is 0 Å². The van der Waals surface area contributed by atoms with Gasteiger partial charge < -0.3 is 24.8 Å². The van der Waals surface area contributed by atoms with Crippen molar-refractivity contribution in [1.82, 2.24) is 10.2 Å². The smallest absolute Gasteiger partial charge is 0.0817 e. The van der Waals surface area contributed by atoms with E-state index in [0.717, 1.165) is 52.1 Å². The van der Waals surface area contributed by atoms with Crippen molar-refractivity contribution in [3.8, 4) is 0 Å². The fraction of sp³-hybridized carbons (Fsp3) is 1.00. The van der Waals surface area contributed by atoms with Crippen molar-refractivity contribution >= 4 is 0 Å². The van der Waals surface area contributed by atoms with Gasteiger partial charge in [0.2, 0.25) is 0 Å². The number of ether oxygens (including phenoxy) is 2. The third kappa shape index (κ3) is 5.49. The summed E-state index contributed by atoms with van der Waals surface area (Å²) in [5.74, 6) is 0.513. The number of hydrogen-bond donors (Lipinski definition) is 2. The van der Waals surface area contributed by atoms with E-state index in [0.29, 0.717) is 25.2 Å². The minimum Gasteiger partial charge on any atom is -0.388 e. The van der Waals surface area contributed by atoms with Crippen LogP contribution in [-0.4, -0.2) is 74.8 Å². The highest BCUT2D eigenvalue weighted by Crippen LogP contribution is 2.23. The summed E-state index contributed by atoms with van der Waals surface area (Å²) in [6.45, 7) is 8.03. The minimum atomic E-state index is -0.575. The van der Waals surface area contributed by atoms with E-state index in [9.17, 15) is 5.11 Å². The maximum atomic E-state index is 10.6. The molecule has 2 aliphatic heterocycles. The quantitative estimate of drug-likeness (QED) is 0.730. The molecule has 2 saturated heterocycles. The molecule has 0 aromatic carbocycles. The van der Waals surface area contributed by atoms with E-state index < -0.39 is 5.60 Å². The molecule has 0 bridgehead atoms. The van der Waals surface area contributed by atoms with Crippen molar-refractivity contribution in [3.05, 3.63) is 0 Å². The van der Waals surface area contributed by atoms with Crippen LogP contribution < -0.4 is 5.32 Å². The molecule has 2 heterocycles. The summed E-state index contributed by atoms with van der Waals surface area (Å²) in [5.41, 5.74) is -0.575. The van der Waals surface area contributed by atoms with E-state index in [1.807, 2.05) is 0 Å². The van der Waals surface area contributed by atoms with Crippen molar-refractivity contribution in [3.63, 3.8) is 0 Å². The maximum Gasteiger partial charge on any atom is 0.0817 e. The lowest BCUT2D eigenvalue weighted by Crippen LogP contribution is -2.51. The second-order valence-corrected chi connectivity index (χ2v) is 6.72. The first-order valence-electron chi connectivity index (χ1n) is 8.43. The number of nitrogens with zero attached hydrogens (tertiary/aromatic N) is 1. The molecule has 2 fully saturated rings. The summed E-state index contributed by atoms with van der Waals surface area (Å²) in [7, 11) is 2.11. The predicted octanol–water partition coefficient (Wildman–Crippen LogP) is 0.864. The van der Waals surface area contributed by atoms with E-state index in [-0.39, 0.29) is 0 Å². The Morgan fingerprint density at radius 3 is 2.71 bits per heavy atom. The van der Waals surface area contributed by atoms with Gasteiger partial charge in [0.1, 0.15) is 0 Å². The van der Waals surface area contributed by atoms with E-state index in [1.165, 1.54) is 6.42 Å². The van der Waals surface area contributed by atoms with Gasteiger partial charge in [0.15, 0.2) is 0 Å². The fourth-order valence-electron chi connectivity index (χ4n) is 3.45. The average molecular weight is 300 g/mol. The Hall–Kier alpha value is -0.200. The van der Waals surface area contributed by atoms with Crippen LogP contribution in [0.1, 0.15) is 32.6 Å². The van der Waals surface area contributed by atoms with Crippen LogP contribution in [0, 0.1) is 5.92 Å². The van der Waals surface area contributed by atoms with Crippen LogP contribution in [0.25, 0.3) is 0 Å². The predicted molar refractivity (Wildman–Crippen MR) is 83.5 cm³/mol. The van der Waals surface area contributed by atoms with Gasteiger partial charge >= 0.3 is 0 Å². The van der Waals surface area contributed by atoms with Crippen molar-refractivity contribution < 1.29 is 14.6 Å². The Bertz CT molecular complexity index is 295. The van der Waals surface area contributed by atoms with Gasteiger partial charge in [0.25, 0.3) is 0 Å². The Labute approximate surface area is 129 Å². The molecular formula is C16H32N2O3. The Kier molecular flexibility index (Phi) is 6.89. The van der Waals surface area contributed by atoms with Gasteiger partial charge in [-0.2, -0.15) is 0 Å². The zero-order chi connectivity index (χ0) is 15.1. The molecule has 0 aromatic heterocycles. The third-order valence-corrected chi connectivity index (χ3v) is 4.66. The first-order valence-corrected chi connectivity index (χ1v) is 8.43. The average Bonchev–Trinajstić information content (AvgIpc) is 2.46. The molecule has 0 aromatic rings. The molecule has 2 rings (SSSR count). The van der Waals surface area contributed by atoms with Crippen LogP contribution >= 0.6 is 0 Å². The normalized spacial score (nSPS) is 29.7.